The second kappa shape index (κ2) is 6.21. The lowest BCUT2D eigenvalue weighted by atomic mass is 10.1. The minimum absolute atomic E-state index is 0.0185. The first-order valence-corrected chi connectivity index (χ1v) is 6.09. The smallest absolute Gasteiger partial charge is 0.239 e. The number of amides is 1. The molecule has 1 heterocycles. The molecule has 0 aliphatic rings. The Kier molecular flexibility index (Phi) is 4.36. The van der Waals surface area contributed by atoms with Crippen LogP contribution in [0.2, 0.25) is 5.02 Å². The van der Waals surface area contributed by atoms with Crippen LogP contribution in [0.1, 0.15) is 5.56 Å². The van der Waals surface area contributed by atoms with E-state index in [-0.39, 0.29) is 5.91 Å². The van der Waals surface area contributed by atoms with Gasteiger partial charge in [-0.2, -0.15) is 0 Å². The highest BCUT2D eigenvalue weighted by atomic mass is 35.5. The Morgan fingerprint density at radius 1 is 1.44 bits per heavy atom. The van der Waals surface area contributed by atoms with Gasteiger partial charge in [0.05, 0.1) is 6.33 Å². The Balaban J connectivity index is 1.73. The summed E-state index contributed by atoms with van der Waals surface area (Å²) >= 11 is 5.88. The van der Waals surface area contributed by atoms with E-state index in [2.05, 4.69) is 10.3 Å². The van der Waals surface area contributed by atoms with Crippen LogP contribution in [0.5, 0.6) is 0 Å². The summed E-state index contributed by atoms with van der Waals surface area (Å²) in [4.78, 5) is 15.5. The van der Waals surface area contributed by atoms with Gasteiger partial charge in [0, 0.05) is 24.0 Å². The van der Waals surface area contributed by atoms with Gasteiger partial charge in [0.2, 0.25) is 5.91 Å². The molecule has 94 valence electrons. The monoisotopic (exact) mass is 263 g/mol. The number of rotatable bonds is 5. The van der Waals surface area contributed by atoms with Gasteiger partial charge in [-0.1, -0.05) is 23.7 Å². The zero-order chi connectivity index (χ0) is 12.8. The minimum Gasteiger partial charge on any atom is -0.354 e. The average molecular weight is 264 g/mol. The summed E-state index contributed by atoms with van der Waals surface area (Å²) in [5.74, 6) is -0.0185. The molecule has 0 fully saturated rings. The highest BCUT2D eigenvalue weighted by molar-refractivity contribution is 6.30. The molecule has 0 saturated heterocycles. The topological polar surface area (TPSA) is 46.9 Å². The number of nitrogens with zero attached hydrogens (tertiary/aromatic N) is 2. The zero-order valence-electron chi connectivity index (χ0n) is 9.84. The standard InChI is InChI=1S/C13H14ClN3O/c14-12-3-1-2-11(8-12)4-5-16-13(18)9-17-7-6-15-10-17/h1-3,6-8,10H,4-5,9H2,(H,16,18). The van der Waals surface area contributed by atoms with Gasteiger partial charge < -0.3 is 9.88 Å². The molecule has 18 heavy (non-hydrogen) atoms. The number of hydrogen-bond acceptors (Lipinski definition) is 2. The van der Waals surface area contributed by atoms with E-state index in [9.17, 15) is 4.79 Å². The minimum atomic E-state index is -0.0185. The molecule has 1 aromatic heterocycles. The molecule has 0 bridgehead atoms. The summed E-state index contributed by atoms with van der Waals surface area (Å²) in [5, 5.41) is 3.58. The Hall–Kier alpha value is -1.81. The van der Waals surface area contributed by atoms with Crippen LogP contribution in [0.3, 0.4) is 0 Å². The molecule has 1 aromatic carbocycles. The number of imidazole rings is 1. The number of halogens is 1. The van der Waals surface area contributed by atoms with E-state index in [1.807, 2.05) is 24.3 Å². The number of benzene rings is 1. The summed E-state index contributed by atoms with van der Waals surface area (Å²) in [6.07, 6.45) is 5.81. The maximum atomic E-state index is 11.6. The largest absolute Gasteiger partial charge is 0.354 e. The predicted octanol–water partition coefficient (Wildman–Crippen LogP) is 1.90. The van der Waals surface area contributed by atoms with E-state index in [1.165, 1.54) is 0 Å². The van der Waals surface area contributed by atoms with Crippen LogP contribution in [0.4, 0.5) is 0 Å². The summed E-state index contributed by atoms with van der Waals surface area (Å²) in [5.41, 5.74) is 1.12. The van der Waals surface area contributed by atoms with Crippen molar-refractivity contribution in [2.24, 2.45) is 0 Å². The Morgan fingerprint density at radius 2 is 2.33 bits per heavy atom. The average Bonchev–Trinajstić information content (AvgIpc) is 2.82. The van der Waals surface area contributed by atoms with Crippen LogP contribution in [-0.2, 0) is 17.8 Å². The lowest BCUT2D eigenvalue weighted by Gasteiger charge is -2.06. The molecule has 1 N–H and O–H groups in total. The molecular weight excluding hydrogens is 250 g/mol. The maximum Gasteiger partial charge on any atom is 0.239 e. The number of aromatic nitrogens is 2. The van der Waals surface area contributed by atoms with Gasteiger partial charge in [-0.25, -0.2) is 4.98 Å². The second-order valence-electron chi connectivity index (χ2n) is 3.96. The number of hydrogen-bond donors (Lipinski definition) is 1. The lowest BCUT2D eigenvalue weighted by Crippen LogP contribution is -2.29. The van der Waals surface area contributed by atoms with Gasteiger partial charge in [-0.05, 0) is 24.1 Å². The molecule has 0 unspecified atom stereocenters. The van der Waals surface area contributed by atoms with Gasteiger partial charge in [-0.3, -0.25) is 4.79 Å². The quantitative estimate of drug-likeness (QED) is 0.896. The fourth-order valence-corrected chi connectivity index (χ4v) is 1.85. The molecule has 0 atom stereocenters. The predicted molar refractivity (Wildman–Crippen MR) is 70.4 cm³/mol. The molecule has 4 nitrogen and oxygen atoms in total. The summed E-state index contributed by atoms with van der Waals surface area (Å²) in [6, 6.07) is 7.64. The highest BCUT2D eigenvalue weighted by Gasteiger charge is 2.01. The molecule has 0 aliphatic carbocycles. The van der Waals surface area contributed by atoms with Crippen LogP contribution in [0.15, 0.2) is 43.0 Å². The van der Waals surface area contributed by atoms with E-state index in [4.69, 9.17) is 11.6 Å². The van der Waals surface area contributed by atoms with Crippen LogP contribution < -0.4 is 5.32 Å². The van der Waals surface area contributed by atoms with Crippen molar-refractivity contribution in [1.29, 1.82) is 0 Å². The Bertz CT molecular complexity index is 511. The number of carbonyl (C=O) groups excluding carboxylic acids is 1. The molecule has 2 rings (SSSR count). The van der Waals surface area contributed by atoms with Gasteiger partial charge in [0.1, 0.15) is 6.54 Å². The van der Waals surface area contributed by atoms with Crippen molar-refractivity contribution in [3.8, 4) is 0 Å². The van der Waals surface area contributed by atoms with Crippen molar-refractivity contribution in [3.63, 3.8) is 0 Å². The molecule has 5 heteroatoms. The molecule has 0 radical (unpaired) electrons. The van der Waals surface area contributed by atoms with E-state index in [0.29, 0.717) is 13.1 Å². The molecule has 0 saturated carbocycles. The van der Waals surface area contributed by atoms with Crippen molar-refractivity contribution >= 4 is 17.5 Å². The Labute approximate surface area is 111 Å². The Morgan fingerprint density at radius 3 is 3.06 bits per heavy atom. The van der Waals surface area contributed by atoms with Gasteiger partial charge >= 0.3 is 0 Å². The lowest BCUT2D eigenvalue weighted by molar-refractivity contribution is -0.121. The fourth-order valence-electron chi connectivity index (χ4n) is 1.64. The highest BCUT2D eigenvalue weighted by Crippen LogP contribution is 2.10. The first-order chi connectivity index (χ1) is 8.74. The van der Waals surface area contributed by atoms with E-state index in [1.54, 1.807) is 23.3 Å². The van der Waals surface area contributed by atoms with E-state index < -0.39 is 0 Å². The molecule has 0 spiro atoms. The van der Waals surface area contributed by atoms with E-state index >= 15 is 0 Å². The van der Waals surface area contributed by atoms with Crippen molar-refractivity contribution in [1.82, 2.24) is 14.9 Å². The third-order valence-corrected chi connectivity index (χ3v) is 2.75. The zero-order valence-corrected chi connectivity index (χ0v) is 10.6. The summed E-state index contributed by atoms with van der Waals surface area (Å²) < 4.78 is 1.73. The van der Waals surface area contributed by atoms with E-state index in [0.717, 1.165) is 17.0 Å². The van der Waals surface area contributed by atoms with Crippen molar-refractivity contribution < 1.29 is 4.79 Å². The van der Waals surface area contributed by atoms with Crippen LogP contribution in [0, 0.1) is 0 Å². The van der Waals surface area contributed by atoms with Crippen LogP contribution >= 0.6 is 11.6 Å². The van der Waals surface area contributed by atoms with Crippen molar-refractivity contribution in [2.75, 3.05) is 6.54 Å². The van der Waals surface area contributed by atoms with Crippen LogP contribution in [0.25, 0.3) is 0 Å². The number of nitrogens with one attached hydrogen (secondary N) is 1. The van der Waals surface area contributed by atoms with Crippen LogP contribution in [-0.4, -0.2) is 22.0 Å². The van der Waals surface area contributed by atoms with Gasteiger partial charge in [0.25, 0.3) is 0 Å². The summed E-state index contributed by atoms with van der Waals surface area (Å²) in [6.45, 7) is 0.906. The summed E-state index contributed by atoms with van der Waals surface area (Å²) in [7, 11) is 0. The molecule has 0 aliphatic heterocycles. The van der Waals surface area contributed by atoms with Crippen molar-refractivity contribution in [2.45, 2.75) is 13.0 Å². The molecular formula is C13H14ClN3O. The number of carbonyl (C=O) groups is 1. The second-order valence-corrected chi connectivity index (χ2v) is 4.40. The third kappa shape index (κ3) is 3.89. The first kappa shape index (κ1) is 12.6. The maximum absolute atomic E-state index is 11.6. The SMILES string of the molecule is O=C(Cn1ccnc1)NCCc1cccc(Cl)c1. The normalized spacial score (nSPS) is 10.3. The van der Waals surface area contributed by atoms with Crippen molar-refractivity contribution in [3.05, 3.63) is 53.6 Å². The fraction of sp³-hybridized carbons (Fsp3) is 0.231. The van der Waals surface area contributed by atoms with Gasteiger partial charge in [0.15, 0.2) is 0 Å². The molecule has 1 amide bonds. The van der Waals surface area contributed by atoms with Gasteiger partial charge in [-0.15, -0.1) is 0 Å². The third-order valence-electron chi connectivity index (χ3n) is 2.51. The first-order valence-electron chi connectivity index (χ1n) is 5.71. The molecule has 2 aromatic rings.